The van der Waals surface area contributed by atoms with Crippen LogP contribution in [0.25, 0.3) is 11.3 Å². The van der Waals surface area contributed by atoms with Gasteiger partial charge in [-0.3, -0.25) is 9.78 Å². The zero-order chi connectivity index (χ0) is 22.7. The molecule has 0 bridgehead atoms. The summed E-state index contributed by atoms with van der Waals surface area (Å²) in [5.41, 5.74) is 3.48. The van der Waals surface area contributed by atoms with E-state index in [1.165, 1.54) is 0 Å². The Balaban J connectivity index is 1.62. The average molecular weight is 446 g/mol. The molecule has 1 fully saturated rings. The van der Waals surface area contributed by atoms with Gasteiger partial charge in [0.15, 0.2) is 5.82 Å². The lowest BCUT2D eigenvalue weighted by Crippen LogP contribution is -2.37. The van der Waals surface area contributed by atoms with Crippen LogP contribution in [-0.4, -0.2) is 46.7 Å². The Morgan fingerprint density at radius 1 is 1.31 bits per heavy atom. The van der Waals surface area contributed by atoms with E-state index >= 15 is 0 Å². The number of aliphatic carboxylic acids is 1. The quantitative estimate of drug-likeness (QED) is 0.663. The number of ether oxygens (including phenoxy) is 1. The molecule has 1 aromatic heterocycles. The van der Waals surface area contributed by atoms with Crippen molar-refractivity contribution >= 4 is 11.8 Å². The molecule has 4 rings (SSSR count). The standard InChI is InChI=1S/C24H29F2N3O3/c1-24(25,26)10-2-5-19-15-27-21(18-6-7-20-17(14-18)4-3-13-32-20)22(28-19)29-11-8-16(9-12-29)23(30)31/h6-7,14-16H,2-5,8-13H2,1H3,(H,30,31). The van der Waals surface area contributed by atoms with Gasteiger partial charge in [-0.25, -0.2) is 13.8 Å². The van der Waals surface area contributed by atoms with Crippen LogP contribution in [0.4, 0.5) is 14.6 Å². The first-order valence-corrected chi connectivity index (χ1v) is 11.3. The molecule has 0 amide bonds. The molecule has 8 heteroatoms. The number of piperidine rings is 1. The van der Waals surface area contributed by atoms with Gasteiger partial charge in [0.2, 0.25) is 5.92 Å². The predicted molar refractivity (Wildman–Crippen MR) is 117 cm³/mol. The van der Waals surface area contributed by atoms with Crippen LogP contribution in [0.5, 0.6) is 5.75 Å². The van der Waals surface area contributed by atoms with Crippen LogP contribution in [-0.2, 0) is 17.6 Å². The lowest BCUT2D eigenvalue weighted by molar-refractivity contribution is -0.142. The zero-order valence-electron chi connectivity index (χ0n) is 18.3. The van der Waals surface area contributed by atoms with Crippen LogP contribution >= 0.6 is 0 Å². The van der Waals surface area contributed by atoms with E-state index in [1.54, 1.807) is 6.20 Å². The largest absolute Gasteiger partial charge is 0.493 e. The summed E-state index contributed by atoms with van der Waals surface area (Å²) >= 11 is 0. The van der Waals surface area contributed by atoms with Gasteiger partial charge < -0.3 is 14.7 Å². The lowest BCUT2D eigenvalue weighted by atomic mass is 9.96. The molecule has 6 nitrogen and oxygen atoms in total. The number of rotatable bonds is 7. The minimum absolute atomic E-state index is 0.194. The normalized spacial score (nSPS) is 17.0. The van der Waals surface area contributed by atoms with Crippen molar-refractivity contribution in [3.05, 3.63) is 35.7 Å². The van der Waals surface area contributed by atoms with E-state index < -0.39 is 11.9 Å². The minimum atomic E-state index is -2.69. The summed E-state index contributed by atoms with van der Waals surface area (Å²) in [7, 11) is 0. The van der Waals surface area contributed by atoms with Gasteiger partial charge in [-0.1, -0.05) is 0 Å². The molecule has 1 aromatic carbocycles. The van der Waals surface area contributed by atoms with E-state index in [-0.39, 0.29) is 12.3 Å². The van der Waals surface area contributed by atoms with Gasteiger partial charge in [0.1, 0.15) is 11.4 Å². The van der Waals surface area contributed by atoms with Crippen molar-refractivity contribution in [3.8, 4) is 17.0 Å². The molecule has 172 valence electrons. The first kappa shape index (κ1) is 22.4. The molecule has 32 heavy (non-hydrogen) atoms. The number of aryl methyl sites for hydroxylation is 2. The number of hydrogen-bond acceptors (Lipinski definition) is 5. The summed E-state index contributed by atoms with van der Waals surface area (Å²) in [5, 5.41) is 9.33. The SMILES string of the molecule is CC(F)(F)CCCc1cnc(-c2ccc3c(c2)CCCO3)c(N2CCC(C(=O)O)CC2)n1. The summed E-state index contributed by atoms with van der Waals surface area (Å²) in [6.07, 6.45) is 5.23. The maximum absolute atomic E-state index is 13.2. The molecular weight excluding hydrogens is 416 g/mol. The van der Waals surface area contributed by atoms with Crippen LogP contribution in [0.3, 0.4) is 0 Å². The fourth-order valence-electron chi connectivity index (χ4n) is 4.39. The molecule has 0 radical (unpaired) electrons. The summed E-state index contributed by atoms with van der Waals surface area (Å²) in [4.78, 5) is 22.9. The number of anilines is 1. The van der Waals surface area contributed by atoms with Gasteiger partial charge in [-0.15, -0.1) is 0 Å². The Labute approximate surface area is 186 Å². The van der Waals surface area contributed by atoms with Crippen LogP contribution < -0.4 is 9.64 Å². The Morgan fingerprint density at radius 2 is 2.09 bits per heavy atom. The van der Waals surface area contributed by atoms with E-state index in [1.807, 2.05) is 12.1 Å². The van der Waals surface area contributed by atoms with Crippen LogP contribution in [0.1, 0.15) is 50.3 Å². The molecular formula is C24H29F2N3O3. The van der Waals surface area contributed by atoms with Gasteiger partial charge in [-0.05, 0) is 69.2 Å². The first-order chi connectivity index (χ1) is 15.3. The van der Waals surface area contributed by atoms with E-state index in [9.17, 15) is 18.7 Å². The van der Waals surface area contributed by atoms with Gasteiger partial charge in [0, 0.05) is 31.3 Å². The number of carbonyl (C=O) groups is 1. The molecule has 0 atom stereocenters. The molecule has 3 heterocycles. The molecule has 1 N–H and O–H groups in total. The number of nitrogens with zero attached hydrogens (tertiary/aromatic N) is 3. The average Bonchev–Trinajstić information content (AvgIpc) is 2.78. The van der Waals surface area contributed by atoms with Crippen molar-refractivity contribution in [2.45, 2.75) is 57.8 Å². The highest BCUT2D eigenvalue weighted by Gasteiger charge is 2.28. The molecule has 0 unspecified atom stereocenters. The number of carboxylic acid groups (broad SMARTS) is 1. The van der Waals surface area contributed by atoms with Crippen molar-refractivity contribution in [1.82, 2.24) is 9.97 Å². The Hall–Kier alpha value is -2.77. The number of aromatic nitrogens is 2. The second kappa shape index (κ2) is 9.38. The van der Waals surface area contributed by atoms with E-state index in [4.69, 9.17) is 14.7 Å². The Kier molecular flexibility index (Phi) is 6.58. The number of carboxylic acids is 1. The minimum Gasteiger partial charge on any atom is -0.493 e. The Morgan fingerprint density at radius 3 is 2.81 bits per heavy atom. The molecule has 2 aromatic rings. The van der Waals surface area contributed by atoms with Gasteiger partial charge in [-0.2, -0.15) is 0 Å². The topological polar surface area (TPSA) is 75.5 Å². The van der Waals surface area contributed by atoms with Crippen molar-refractivity contribution in [2.75, 3.05) is 24.6 Å². The van der Waals surface area contributed by atoms with E-state index in [2.05, 4.69) is 11.0 Å². The maximum atomic E-state index is 13.2. The van der Waals surface area contributed by atoms with E-state index in [0.717, 1.165) is 48.9 Å². The zero-order valence-corrected chi connectivity index (χ0v) is 18.3. The summed E-state index contributed by atoms with van der Waals surface area (Å²) in [6, 6.07) is 6.02. The van der Waals surface area contributed by atoms with Crippen LogP contribution in [0.2, 0.25) is 0 Å². The van der Waals surface area contributed by atoms with E-state index in [0.29, 0.717) is 50.3 Å². The number of halogens is 2. The number of benzene rings is 1. The molecule has 2 aliphatic rings. The third-order valence-corrected chi connectivity index (χ3v) is 6.18. The molecule has 2 aliphatic heterocycles. The summed E-state index contributed by atoms with van der Waals surface area (Å²) in [5.74, 6) is -2.21. The van der Waals surface area contributed by atoms with Crippen LogP contribution in [0, 0.1) is 5.92 Å². The van der Waals surface area contributed by atoms with Crippen LogP contribution in [0.15, 0.2) is 24.4 Å². The van der Waals surface area contributed by atoms with Crippen molar-refractivity contribution in [3.63, 3.8) is 0 Å². The molecule has 0 saturated carbocycles. The molecule has 0 spiro atoms. The highest BCUT2D eigenvalue weighted by Crippen LogP contribution is 2.35. The number of alkyl halides is 2. The first-order valence-electron chi connectivity index (χ1n) is 11.3. The monoisotopic (exact) mass is 445 g/mol. The second-order valence-electron chi connectivity index (χ2n) is 8.83. The number of hydrogen-bond donors (Lipinski definition) is 1. The third-order valence-electron chi connectivity index (χ3n) is 6.18. The summed E-state index contributed by atoms with van der Waals surface area (Å²) in [6.45, 7) is 2.80. The smallest absolute Gasteiger partial charge is 0.306 e. The van der Waals surface area contributed by atoms with Crippen molar-refractivity contribution in [1.29, 1.82) is 0 Å². The molecule has 1 saturated heterocycles. The highest BCUT2D eigenvalue weighted by molar-refractivity contribution is 5.74. The van der Waals surface area contributed by atoms with Gasteiger partial charge in [0.25, 0.3) is 0 Å². The summed E-state index contributed by atoms with van der Waals surface area (Å²) < 4.78 is 32.2. The van der Waals surface area contributed by atoms with Crippen molar-refractivity contribution in [2.24, 2.45) is 5.92 Å². The number of fused-ring (bicyclic) bond motifs is 1. The van der Waals surface area contributed by atoms with Gasteiger partial charge >= 0.3 is 5.97 Å². The highest BCUT2D eigenvalue weighted by atomic mass is 19.3. The van der Waals surface area contributed by atoms with Crippen molar-refractivity contribution < 1.29 is 23.4 Å². The molecule has 0 aliphatic carbocycles. The van der Waals surface area contributed by atoms with Gasteiger partial charge in [0.05, 0.1) is 18.2 Å². The fourth-order valence-corrected chi connectivity index (χ4v) is 4.39. The lowest BCUT2D eigenvalue weighted by Gasteiger charge is -2.32. The predicted octanol–water partition coefficient (Wildman–Crippen LogP) is 4.75. The Bertz CT molecular complexity index is 969. The second-order valence-corrected chi connectivity index (χ2v) is 8.83. The fraction of sp³-hybridized carbons (Fsp3) is 0.542. The third kappa shape index (κ3) is 5.34. The maximum Gasteiger partial charge on any atom is 0.306 e.